The van der Waals surface area contributed by atoms with Crippen LogP contribution in [0, 0.1) is 0 Å². The van der Waals surface area contributed by atoms with Crippen molar-refractivity contribution in [2.45, 2.75) is 46.0 Å². The first-order valence-corrected chi connectivity index (χ1v) is 8.59. The molecule has 0 amide bonds. The van der Waals surface area contributed by atoms with Gasteiger partial charge in [-0.05, 0) is 31.4 Å². The Morgan fingerprint density at radius 2 is 2.00 bits per heavy atom. The van der Waals surface area contributed by atoms with Gasteiger partial charge in [-0.3, -0.25) is 4.99 Å². The third kappa shape index (κ3) is 7.77. The zero-order valence-corrected chi connectivity index (χ0v) is 14.7. The second kappa shape index (κ2) is 11.6. The van der Waals surface area contributed by atoms with Gasteiger partial charge < -0.3 is 20.5 Å². The van der Waals surface area contributed by atoms with Crippen LogP contribution in [0.5, 0.6) is 11.5 Å². The van der Waals surface area contributed by atoms with Gasteiger partial charge in [0.1, 0.15) is 11.5 Å². The molecule has 5 nitrogen and oxygen atoms in total. The zero-order chi connectivity index (χ0) is 16.9. The van der Waals surface area contributed by atoms with E-state index in [0.717, 1.165) is 44.0 Å². The molecule has 0 spiro atoms. The van der Waals surface area contributed by atoms with Crippen molar-refractivity contribution >= 4 is 5.96 Å². The Labute approximate surface area is 140 Å². The fourth-order valence-corrected chi connectivity index (χ4v) is 2.27. The van der Waals surface area contributed by atoms with E-state index >= 15 is 0 Å². The lowest BCUT2D eigenvalue weighted by Gasteiger charge is -2.12. The number of methoxy groups -OCH3 is 1. The van der Waals surface area contributed by atoms with Gasteiger partial charge in [0.05, 0.1) is 7.11 Å². The highest BCUT2D eigenvalue weighted by Gasteiger charge is 2.04. The van der Waals surface area contributed by atoms with Gasteiger partial charge in [0.15, 0.2) is 5.96 Å². The lowest BCUT2D eigenvalue weighted by Crippen LogP contribution is -2.38. The third-order valence-corrected chi connectivity index (χ3v) is 3.61. The number of phenols is 1. The van der Waals surface area contributed by atoms with Crippen LogP contribution in [0.15, 0.2) is 23.2 Å². The number of ether oxygens (including phenoxy) is 1. The van der Waals surface area contributed by atoms with Crippen LogP contribution in [0.2, 0.25) is 0 Å². The molecule has 3 N–H and O–H groups in total. The molecule has 0 unspecified atom stereocenters. The summed E-state index contributed by atoms with van der Waals surface area (Å²) in [6, 6.07) is 5.40. The molecule has 0 radical (unpaired) electrons. The average molecular weight is 321 g/mol. The molecule has 0 aromatic heterocycles. The molecule has 130 valence electrons. The number of aromatic hydroxyl groups is 1. The molecule has 0 saturated carbocycles. The summed E-state index contributed by atoms with van der Waals surface area (Å²) >= 11 is 0. The van der Waals surface area contributed by atoms with Gasteiger partial charge in [-0.25, -0.2) is 0 Å². The summed E-state index contributed by atoms with van der Waals surface area (Å²) in [6.07, 6.45) is 5.61. The zero-order valence-electron chi connectivity index (χ0n) is 14.7. The third-order valence-electron chi connectivity index (χ3n) is 3.61. The van der Waals surface area contributed by atoms with E-state index in [-0.39, 0.29) is 5.75 Å². The van der Waals surface area contributed by atoms with E-state index in [0.29, 0.717) is 5.75 Å². The van der Waals surface area contributed by atoms with Gasteiger partial charge in [-0.1, -0.05) is 32.3 Å². The van der Waals surface area contributed by atoms with Crippen molar-refractivity contribution in [1.82, 2.24) is 10.6 Å². The largest absolute Gasteiger partial charge is 0.508 e. The molecule has 0 saturated heterocycles. The lowest BCUT2D eigenvalue weighted by molar-refractivity contribution is 0.406. The summed E-state index contributed by atoms with van der Waals surface area (Å²) in [7, 11) is 1.59. The van der Waals surface area contributed by atoms with Crippen LogP contribution in [0.4, 0.5) is 0 Å². The van der Waals surface area contributed by atoms with Crippen LogP contribution < -0.4 is 15.4 Å². The first kappa shape index (κ1) is 19.1. The number of phenolic OH excluding ortho intramolecular Hbond substituents is 1. The number of unbranched alkanes of at least 4 members (excludes halogenated alkanes) is 3. The van der Waals surface area contributed by atoms with E-state index in [1.54, 1.807) is 13.2 Å². The number of benzene rings is 1. The van der Waals surface area contributed by atoms with Gasteiger partial charge >= 0.3 is 0 Å². The van der Waals surface area contributed by atoms with Crippen molar-refractivity contribution in [3.05, 3.63) is 23.8 Å². The van der Waals surface area contributed by atoms with Gasteiger partial charge in [0.25, 0.3) is 0 Å². The minimum absolute atomic E-state index is 0.271. The average Bonchev–Trinajstić information content (AvgIpc) is 2.56. The molecule has 5 heteroatoms. The van der Waals surface area contributed by atoms with Crippen LogP contribution in [0.1, 0.15) is 45.1 Å². The normalized spacial score (nSPS) is 11.3. The predicted octanol–water partition coefficient (Wildman–Crippen LogP) is 3.08. The smallest absolute Gasteiger partial charge is 0.191 e. The van der Waals surface area contributed by atoms with Gasteiger partial charge in [-0.15, -0.1) is 0 Å². The Morgan fingerprint density at radius 3 is 2.65 bits per heavy atom. The number of nitrogens with zero attached hydrogens (tertiary/aromatic N) is 1. The SMILES string of the molecule is CCCCCCN=C(NCC)NCCc1ccc(OC)cc1O. The topological polar surface area (TPSA) is 65.9 Å². The molecule has 1 rings (SSSR count). The van der Waals surface area contributed by atoms with E-state index in [2.05, 4.69) is 29.5 Å². The van der Waals surface area contributed by atoms with Crippen LogP contribution in [-0.2, 0) is 6.42 Å². The van der Waals surface area contributed by atoms with Gasteiger partial charge in [0, 0.05) is 25.7 Å². The van der Waals surface area contributed by atoms with Gasteiger partial charge in [-0.2, -0.15) is 0 Å². The Morgan fingerprint density at radius 1 is 1.17 bits per heavy atom. The molecule has 0 heterocycles. The first-order chi connectivity index (χ1) is 11.2. The minimum atomic E-state index is 0.271. The summed E-state index contributed by atoms with van der Waals surface area (Å²) in [6.45, 7) is 6.69. The van der Waals surface area contributed by atoms with Crippen LogP contribution in [0.25, 0.3) is 0 Å². The van der Waals surface area contributed by atoms with Crippen LogP contribution in [-0.4, -0.2) is 37.8 Å². The van der Waals surface area contributed by atoms with Crippen LogP contribution in [0.3, 0.4) is 0 Å². The lowest BCUT2D eigenvalue weighted by atomic mass is 10.1. The molecule has 0 atom stereocenters. The van der Waals surface area contributed by atoms with E-state index < -0.39 is 0 Å². The summed E-state index contributed by atoms with van der Waals surface area (Å²) in [5.41, 5.74) is 0.900. The van der Waals surface area contributed by atoms with Crippen LogP contribution >= 0.6 is 0 Å². The Kier molecular flexibility index (Phi) is 9.68. The molecule has 0 aliphatic carbocycles. The minimum Gasteiger partial charge on any atom is -0.508 e. The monoisotopic (exact) mass is 321 g/mol. The standard InChI is InChI=1S/C18H31N3O2/c1-4-6-7-8-12-20-18(19-5-2)21-13-11-15-9-10-16(23-3)14-17(15)22/h9-10,14,22H,4-8,11-13H2,1-3H3,(H2,19,20,21). The Hall–Kier alpha value is -1.91. The van der Waals surface area contributed by atoms with Crippen molar-refractivity contribution in [1.29, 1.82) is 0 Å². The first-order valence-electron chi connectivity index (χ1n) is 8.59. The van der Waals surface area contributed by atoms with Crippen molar-refractivity contribution in [3.63, 3.8) is 0 Å². The summed E-state index contributed by atoms with van der Waals surface area (Å²) < 4.78 is 5.09. The summed E-state index contributed by atoms with van der Waals surface area (Å²) in [5, 5.41) is 16.5. The molecule has 0 bridgehead atoms. The van der Waals surface area contributed by atoms with Crippen molar-refractivity contribution < 1.29 is 9.84 Å². The Balaban J connectivity index is 2.41. The number of nitrogens with one attached hydrogen (secondary N) is 2. The highest BCUT2D eigenvalue weighted by molar-refractivity contribution is 5.79. The van der Waals surface area contributed by atoms with E-state index in [4.69, 9.17) is 4.74 Å². The summed E-state index contributed by atoms with van der Waals surface area (Å²) in [5.74, 6) is 1.78. The molecule has 0 aliphatic rings. The highest BCUT2D eigenvalue weighted by Crippen LogP contribution is 2.23. The molecule has 1 aromatic rings. The van der Waals surface area contributed by atoms with Crippen molar-refractivity contribution in [3.8, 4) is 11.5 Å². The fourth-order valence-electron chi connectivity index (χ4n) is 2.27. The predicted molar refractivity (Wildman–Crippen MR) is 96.5 cm³/mol. The van der Waals surface area contributed by atoms with E-state index in [1.807, 2.05) is 12.1 Å². The van der Waals surface area contributed by atoms with E-state index in [1.165, 1.54) is 19.3 Å². The quantitative estimate of drug-likeness (QED) is 0.352. The van der Waals surface area contributed by atoms with Crippen molar-refractivity contribution in [2.75, 3.05) is 26.7 Å². The maximum Gasteiger partial charge on any atom is 0.191 e. The maximum atomic E-state index is 9.96. The van der Waals surface area contributed by atoms with Gasteiger partial charge in [0.2, 0.25) is 0 Å². The molecule has 23 heavy (non-hydrogen) atoms. The number of rotatable bonds is 10. The second-order valence-corrected chi connectivity index (χ2v) is 5.49. The number of guanidine groups is 1. The molecule has 1 aromatic carbocycles. The summed E-state index contributed by atoms with van der Waals surface area (Å²) in [4.78, 5) is 4.58. The highest BCUT2D eigenvalue weighted by atomic mass is 16.5. The number of hydrogen-bond donors (Lipinski definition) is 3. The van der Waals surface area contributed by atoms with E-state index in [9.17, 15) is 5.11 Å². The molecular formula is C18H31N3O2. The Bertz CT molecular complexity index is 475. The van der Waals surface area contributed by atoms with Crippen molar-refractivity contribution in [2.24, 2.45) is 4.99 Å². The number of aliphatic imine (C=N–C) groups is 1. The number of hydrogen-bond acceptors (Lipinski definition) is 3. The molecular weight excluding hydrogens is 290 g/mol. The second-order valence-electron chi connectivity index (χ2n) is 5.49. The fraction of sp³-hybridized carbons (Fsp3) is 0.611. The molecule has 0 aliphatic heterocycles. The maximum absolute atomic E-state index is 9.96. The molecule has 0 fully saturated rings.